The number of aromatic nitrogens is 1. The van der Waals surface area contributed by atoms with Gasteiger partial charge in [-0.05, 0) is 68.7 Å². The van der Waals surface area contributed by atoms with Crippen molar-refractivity contribution in [3.63, 3.8) is 0 Å². The predicted octanol–water partition coefficient (Wildman–Crippen LogP) is 5.46. The van der Waals surface area contributed by atoms with Crippen molar-refractivity contribution >= 4 is 29.6 Å². The zero-order chi connectivity index (χ0) is 22.3. The van der Waals surface area contributed by atoms with Gasteiger partial charge in [0.25, 0.3) is 5.91 Å². The van der Waals surface area contributed by atoms with Crippen molar-refractivity contribution < 1.29 is 9.59 Å². The summed E-state index contributed by atoms with van der Waals surface area (Å²) in [6, 6.07) is 15.2. The van der Waals surface area contributed by atoms with Gasteiger partial charge in [0, 0.05) is 22.1 Å². The third-order valence-electron chi connectivity index (χ3n) is 5.64. The summed E-state index contributed by atoms with van der Waals surface area (Å²) in [5.74, 6) is -0.324. The summed E-state index contributed by atoms with van der Waals surface area (Å²) in [7, 11) is 0. The smallest absolute Gasteiger partial charge is 0.318 e. The van der Waals surface area contributed by atoms with Crippen molar-refractivity contribution in [3.8, 4) is 5.69 Å². The average Bonchev–Trinajstić information content (AvgIpc) is 3.14. The average molecular weight is 434 g/mol. The second kappa shape index (κ2) is 8.08. The Morgan fingerprint density at radius 2 is 1.74 bits per heavy atom. The van der Waals surface area contributed by atoms with Crippen LogP contribution in [0.1, 0.15) is 33.6 Å². The first kappa shape index (κ1) is 20.9. The molecule has 1 fully saturated rings. The molecule has 0 bridgehead atoms. The number of carbonyl (C=O) groups excluding carboxylic acids is 2. The van der Waals surface area contributed by atoms with Crippen molar-refractivity contribution in [2.75, 3.05) is 0 Å². The highest BCUT2D eigenvalue weighted by Gasteiger charge is 2.33. The lowest BCUT2D eigenvalue weighted by molar-refractivity contribution is -0.123. The summed E-state index contributed by atoms with van der Waals surface area (Å²) < 4.78 is 2.11. The molecule has 2 aromatic carbocycles. The van der Waals surface area contributed by atoms with Crippen LogP contribution in [0.4, 0.5) is 4.79 Å². The first-order valence-electron chi connectivity index (χ1n) is 10.1. The Morgan fingerprint density at radius 3 is 2.48 bits per heavy atom. The molecule has 31 heavy (non-hydrogen) atoms. The van der Waals surface area contributed by atoms with Crippen LogP contribution in [0.3, 0.4) is 0 Å². The predicted molar refractivity (Wildman–Crippen MR) is 123 cm³/mol. The zero-order valence-electron chi connectivity index (χ0n) is 18.0. The third-order valence-corrected chi connectivity index (χ3v) is 6.05. The van der Waals surface area contributed by atoms with Crippen molar-refractivity contribution in [2.45, 2.75) is 34.2 Å². The highest BCUT2D eigenvalue weighted by atomic mass is 35.5. The van der Waals surface area contributed by atoms with Crippen molar-refractivity contribution in [1.29, 1.82) is 0 Å². The lowest BCUT2D eigenvalue weighted by Crippen LogP contribution is -2.30. The number of imide groups is 1. The number of hydrogen-bond donors (Lipinski definition) is 1. The molecule has 0 spiro atoms. The Labute approximate surface area is 186 Å². The Morgan fingerprint density at radius 1 is 1.00 bits per heavy atom. The van der Waals surface area contributed by atoms with Gasteiger partial charge in [0.1, 0.15) is 5.70 Å². The Bertz CT molecular complexity index is 1240. The number of urea groups is 1. The quantitative estimate of drug-likeness (QED) is 0.439. The molecule has 3 aromatic rings. The second-order valence-electron chi connectivity index (χ2n) is 7.91. The van der Waals surface area contributed by atoms with Crippen molar-refractivity contribution in [1.82, 2.24) is 14.8 Å². The van der Waals surface area contributed by atoms with E-state index in [1.807, 2.05) is 76.2 Å². The third kappa shape index (κ3) is 3.89. The van der Waals surface area contributed by atoms with E-state index in [1.54, 1.807) is 6.08 Å². The molecule has 1 aliphatic rings. The Hall–Kier alpha value is -3.31. The molecule has 0 radical (unpaired) electrons. The molecule has 2 heterocycles. The van der Waals surface area contributed by atoms with Crippen LogP contribution in [0, 0.1) is 27.7 Å². The van der Waals surface area contributed by atoms with E-state index in [-0.39, 0.29) is 18.1 Å². The summed E-state index contributed by atoms with van der Waals surface area (Å²) in [6.07, 6.45) is 1.75. The topological polar surface area (TPSA) is 54.3 Å². The summed E-state index contributed by atoms with van der Waals surface area (Å²) >= 11 is 6.32. The minimum Gasteiger partial charge on any atom is -0.318 e. The van der Waals surface area contributed by atoms with Crippen LogP contribution in [-0.2, 0) is 11.3 Å². The van der Waals surface area contributed by atoms with Gasteiger partial charge < -0.3 is 9.88 Å². The summed E-state index contributed by atoms with van der Waals surface area (Å²) in [5.41, 5.74) is 7.12. The van der Waals surface area contributed by atoms with Gasteiger partial charge in [0.15, 0.2) is 0 Å². The molecule has 0 aliphatic carbocycles. The first-order chi connectivity index (χ1) is 14.8. The van der Waals surface area contributed by atoms with E-state index in [0.29, 0.717) is 5.02 Å². The molecule has 0 atom stereocenters. The van der Waals surface area contributed by atoms with Crippen LogP contribution in [0.5, 0.6) is 0 Å². The minimum atomic E-state index is -0.405. The first-order valence-corrected chi connectivity index (χ1v) is 10.5. The van der Waals surface area contributed by atoms with E-state index < -0.39 is 6.03 Å². The lowest BCUT2D eigenvalue weighted by Gasteiger charge is -2.13. The van der Waals surface area contributed by atoms with Crippen LogP contribution in [0.25, 0.3) is 11.8 Å². The normalized spacial score (nSPS) is 15.1. The van der Waals surface area contributed by atoms with Crippen LogP contribution in [0.15, 0.2) is 54.2 Å². The number of carbonyl (C=O) groups is 2. The van der Waals surface area contributed by atoms with Gasteiger partial charge in [-0.15, -0.1) is 0 Å². The fourth-order valence-corrected chi connectivity index (χ4v) is 4.18. The number of amides is 3. The fourth-order valence-electron chi connectivity index (χ4n) is 4.01. The van der Waals surface area contributed by atoms with E-state index in [4.69, 9.17) is 11.6 Å². The van der Waals surface area contributed by atoms with E-state index in [1.165, 1.54) is 4.90 Å². The molecule has 0 unspecified atom stereocenters. The van der Waals surface area contributed by atoms with E-state index in [2.05, 4.69) is 9.88 Å². The fraction of sp³-hybridized carbons (Fsp3) is 0.200. The number of nitrogens with one attached hydrogen (secondary N) is 1. The monoisotopic (exact) mass is 433 g/mol. The van der Waals surface area contributed by atoms with Gasteiger partial charge in [-0.25, -0.2) is 4.79 Å². The molecule has 0 saturated carbocycles. The number of hydrogen-bond acceptors (Lipinski definition) is 2. The van der Waals surface area contributed by atoms with Crippen molar-refractivity contribution in [3.05, 3.63) is 92.9 Å². The number of benzene rings is 2. The number of rotatable bonds is 4. The Balaban J connectivity index is 1.66. The van der Waals surface area contributed by atoms with Crippen molar-refractivity contribution in [2.24, 2.45) is 0 Å². The summed E-state index contributed by atoms with van der Waals surface area (Å²) in [6.45, 7) is 8.21. The highest BCUT2D eigenvalue weighted by Crippen LogP contribution is 2.28. The largest absolute Gasteiger partial charge is 0.329 e. The molecule has 1 saturated heterocycles. The number of nitrogens with zero attached hydrogens (tertiary/aromatic N) is 2. The molecule has 158 valence electrons. The van der Waals surface area contributed by atoms with Crippen LogP contribution < -0.4 is 5.32 Å². The van der Waals surface area contributed by atoms with Gasteiger partial charge in [0.2, 0.25) is 0 Å². The molecule has 1 aliphatic heterocycles. The SMILES string of the molecule is Cc1cccc(CN2C(=O)N/C(=C/c3cc(C)n(-c4cccc(Cl)c4C)c3C)C2=O)c1. The van der Waals surface area contributed by atoms with Crippen LogP contribution in [-0.4, -0.2) is 21.4 Å². The van der Waals surface area contributed by atoms with Gasteiger partial charge in [-0.3, -0.25) is 9.69 Å². The maximum absolute atomic E-state index is 12.9. The van der Waals surface area contributed by atoms with Gasteiger partial charge in [-0.1, -0.05) is 47.5 Å². The maximum atomic E-state index is 12.9. The minimum absolute atomic E-state index is 0.240. The molecule has 1 aromatic heterocycles. The summed E-state index contributed by atoms with van der Waals surface area (Å²) in [5, 5.41) is 3.43. The molecule has 3 amide bonds. The standard InChI is InChI=1S/C25H24ClN3O2/c1-15-7-5-8-19(11-15)14-28-24(30)22(27-25(28)31)13-20-12-16(2)29(18(20)4)23-10-6-9-21(26)17(23)3/h5-13H,14H2,1-4H3,(H,27,31)/b22-13+. The van der Waals surface area contributed by atoms with E-state index in [9.17, 15) is 9.59 Å². The molecule has 1 N–H and O–H groups in total. The zero-order valence-corrected chi connectivity index (χ0v) is 18.7. The molecule has 6 heteroatoms. The van der Waals surface area contributed by atoms with Crippen LogP contribution >= 0.6 is 11.6 Å². The summed E-state index contributed by atoms with van der Waals surface area (Å²) in [4.78, 5) is 26.6. The lowest BCUT2D eigenvalue weighted by atomic mass is 10.1. The molecule has 4 rings (SSSR count). The second-order valence-corrected chi connectivity index (χ2v) is 8.32. The van der Waals surface area contributed by atoms with Gasteiger partial charge in [-0.2, -0.15) is 0 Å². The molecule has 5 nitrogen and oxygen atoms in total. The van der Waals surface area contributed by atoms with Crippen LogP contribution in [0.2, 0.25) is 5.02 Å². The van der Waals surface area contributed by atoms with Gasteiger partial charge in [0.05, 0.1) is 6.54 Å². The number of aryl methyl sites for hydroxylation is 2. The van der Waals surface area contributed by atoms with E-state index in [0.717, 1.165) is 39.3 Å². The van der Waals surface area contributed by atoms with E-state index >= 15 is 0 Å². The molecular weight excluding hydrogens is 410 g/mol. The number of halogens is 1. The van der Waals surface area contributed by atoms with Gasteiger partial charge >= 0.3 is 6.03 Å². The highest BCUT2D eigenvalue weighted by molar-refractivity contribution is 6.31. The molecular formula is C25H24ClN3O2. The maximum Gasteiger partial charge on any atom is 0.329 e. The Kier molecular flexibility index (Phi) is 5.46.